The van der Waals surface area contributed by atoms with Gasteiger partial charge in [-0.05, 0) is 37.6 Å². The zero-order chi connectivity index (χ0) is 14.4. The standard InChI is InChI=1S/C15H19ClN4/c1-3-4-9-17-14-10-15(19-11(2)18-14)20-13-7-5-12(16)6-8-13/h5-8,10H,3-4,9H2,1-2H3,(H2,17,18,19,20). The van der Waals surface area contributed by atoms with Crippen LogP contribution in [0.25, 0.3) is 0 Å². The maximum atomic E-state index is 5.87. The molecule has 106 valence electrons. The first-order chi connectivity index (χ1) is 9.67. The van der Waals surface area contributed by atoms with Gasteiger partial charge in [-0.25, -0.2) is 9.97 Å². The number of benzene rings is 1. The molecule has 2 rings (SSSR count). The lowest BCUT2D eigenvalue weighted by Crippen LogP contribution is -2.06. The molecule has 1 heterocycles. The molecule has 0 aliphatic heterocycles. The van der Waals surface area contributed by atoms with Gasteiger partial charge in [0.15, 0.2) is 0 Å². The third-order valence-corrected chi connectivity index (χ3v) is 3.04. The highest BCUT2D eigenvalue weighted by molar-refractivity contribution is 6.30. The molecule has 0 saturated heterocycles. The molecular formula is C15H19ClN4. The molecule has 0 bridgehead atoms. The minimum atomic E-state index is 0.719. The second-order valence-corrected chi connectivity index (χ2v) is 5.03. The van der Waals surface area contributed by atoms with Crippen LogP contribution in [0.15, 0.2) is 30.3 Å². The first kappa shape index (κ1) is 14.6. The Morgan fingerprint density at radius 1 is 1.10 bits per heavy atom. The van der Waals surface area contributed by atoms with Crippen LogP contribution in [0, 0.1) is 6.92 Å². The number of hydrogen-bond donors (Lipinski definition) is 2. The van der Waals surface area contributed by atoms with Crippen molar-refractivity contribution in [2.75, 3.05) is 17.2 Å². The van der Waals surface area contributed by atoms with Crippen molar-refractivity contribution in [3.05, 3.63) is 41.2 Å². The van der Waals surface area contributed by atoms with Crippen molar-refractivity contribution in [1.82, 2.24) is 9.97 Å². The average Bonchev–Trinajstić information content (AvgIpc) is 2.41. The van der Waals surface area contributed by atoms with Gasteiger partial charge in [0.2, 0.25) is 0 Å². The van der Waals surface area contributed by atoms with Crippen LogP contribution in [-0.2, 0) is 0 Å². The summed E-state index contributed by atoms with van der Waals surface area (Å²) in [5.41, 5.74) is 0.951. The van der Waals surface area contributed by atoms with Crippen molar-refractivity contribution in [3.63, 3.8) is 0 Å². The molecule has 0 atom stereocenters. The van der Waals surface area contributed by atoms with Crippen LogP contribution < -0.4 is 10.6 Å². The number of hydrogen-bond acceptors (Lipinski definition) is 4. The predicted octanol–water partition coefficient (Wildman–Crippen LogP) is 4.39. The summed E-state index contributed by atoms with van der Waals surface area (Å²) in [6.45, 7) is 4.98. The van der Waals surface area contributed by atoms with Gasteiger partial charge in [-0.1, -0.05) is 24.9 Å². The maximum Gasteiger partial charge on any atom is 0.136 e. The molecular weight excluding hydrogens is 272 g/mol. The van der Waals surface area contributed by atoms with Crippen molar-refractivity contribution < 1.29 is 0 Å². The molecule has 0 aliphatic carbocycles. The van der Waals surface area contributed by atoms with Crippen molar-refractivity contribution in [3.8, 4) is 0 Å². The van der Waals surface area contributed by atoms with Crippen molar-refractivity contribution in [1.29, 1.82) is 0 Å². The normalized spacial score (nSPS) is 10.3. The number of unbranched alkanes of at least 4 members (excludes halogenated alkanes) is 1. The number of aromatic nitrogens is 2. The molecule has 0 aliphatic rings. The maximum absolute atomic E-state index is 5.87. The molecule has 2 N–H and O–H groups in total. The topological polar surface area (TPSA) is 49.8 Å². The fraction of sp³-hybridized carbons (Fsp3) is 0.333. The van der Waals surface area contributed by atoms with Crippen molar-refractivity contribution in [2.24, 2.45) is 0 Å². The Morgan fingerprint density at radius 3 is 2.50 bits per heavy atom. The van der Waals surface area contributed by atoms with Gasteiger partial charge in [0.1, 0.15) is 17.5 Å². The van der Waals surface area contributed by atoms with E-state index in [1.807, 2.05) is 37.3 Å². The van der Waals surface area contributed by atoms with Gasteiger partial charge in [0.05, 0.1) is 0 Å². The fourth-order valence-corrected chi connectivity index (χ4v) is 1.92. The van der Waals surface area contributed by atoms with Crippen LogP contribution in [0.4, 0.5) is 17.3 Å². The van der Waals surface area contributed by atoms with Crippen LogP contribution in [0.1, 0.15) is 25.6 Å². The van der Waals surface area contributed by atoms with Crippen LogP contribution in [0.3, 0.4) is 0 Å². The van der Waals surface area contributed by atoms with Gasteiger partial charge in [-0.15, -0.1) is 0 Å². The number of halogens is 1. The SMILES string of the molecule is CCCCNc1cc(Nc2ccc(Cl)cc2)nc(C)n1. The van der Waals surface area contributed by atoms with Gasteiger partial charge in [0.25, 0.3) is 0 Å². The summed E-state index contributed by atoms with van der Waals surface area (Å²) in [7, 11) is 0. The molecule has 4 nitrogen and oxygen atoms in total. The highest BCUT2D eigenvalue weighted by atomic mass is 35.5. The van der Waals surface area contributed by atoms with Gasteiger partial charge < -0.3 is 10.6 Å². The zero-order valence-corrected chi connectivity index (χ0v) is 12.5. The van der Waals surface area contributed by atoms with Gasteiger partial charge in [0, 0.05) is 23.3 Å². The Labute approximate surface area is 124 Å². The van der Waals surface area contributed by atoms with Crippen LogP contribution >= 0.6 is 11.6 Å². The second-order valence-electron chi connectivity index (χ2n) is 4.60. The number of nitrogens with zero attached hydrogens (tertiary/aromatic N) is 2. The summed E-state index contributed by atoms with van der Waals surface area (Å²) in [6.07, 6.45) is 2.29. The number of aryl methyl sites for hydroxylation is 1. The third kappa shape index (κ3) is 4.38. The Morgan fingerprint density at radius 2 is 1.80 bits per heavy atom. The van der Waals surface area contributed by atoms with Gasteiger partial charge >= 0.3 is 0 Å². The highest BCUT2D eigenvalue weighted by Gasteiger charge is 2.02. The van der Waals surface area contributed by atoms with E-state index in [0.717, 1.165) is 47.6 Å². The molecule has 0 spiro atoms. The molecule has 0 fully saturated rings. The largest absolute Gasteiger partial charge is 0.370 e. The lowest BCUT2D eigenvalue weighted by atomic mass is 10.3. The monoisotopic (exact) mass is 290 g/mol. The summed E-state index contributed by atoms with van der Waals surface area (Å²) in [5.74, 6) is 2.36. The number of anilines is 3. The van der Waals surface area contributed by atoms with E-state index >= 15 is 0 Å². The summed E-state index contributed by atoms with van der Waals surface area (Å²) in [6, 6.07) is 9.45. The van der Waals surface area contributed by atoms with Crippen LogP contribution in [0.2, 0.25) is 5.02 Å². The van der Waals surface area contributed by atoms with E-state index in [-0.39, 0.29) is 0 Å². The Balaban J connectivity index is 2.09. The van der Waals surface area contributed by atoms with Gasteiger partial charge in [-0.2, -0.15) is 0 Å². The second kappa shape index (κ2) is 7.10. The molecule has 20 heavy (non-hydrogen) atoms. The smallest absolute Gasteiger partial charge is 0.136 e. The molecule has 5 heteroatoms. The fourth-order valence-electron chi connectivity index (χ4n) is 1.80. The first-order valence-corrected chi connectivity index (χ1v) is 7.17. The Hall–Kier alpha value is -1.81. The molecule has 0 radical (unpaired) electrons. The molecule has 1 aromatic heterocycles. The minimum absolute atomic E-state index is 0.719. The summed E-state index contributed by atoms with van der Waals surface area (Å²) in [5, 5.41) is 7.28. The van der Waals surface area contributed by atoms with E-state index in [4.69, 9.17) is 11.6 Å². The Bertz CT molecular complexity index is 554. The summed E-state index contributed by atoms with van der Waals surface area (Å²) in [4.78, 5) is 8.76. The lowest BCUT2D eigenvalue weighted by Gasteiger charge is -2.10. The van der Waals surface area contributed by atoms with E-state index in [2.05, 4.69) is 27.5 Å². The molecule has 0 amide bonds. The molecule has 0 unspecified atom stereocenters. The minimum Gasteiger partial charge on any atom is -0.370 e. The average molecular weight is 291 g/mol. The quantitative estimate of drug-likeness (QED) is 0.775. The lowest BCUT2D eigenvalue weighted by molar-refractivity contribution is 0.829. The summed E-state index contributed by atoms with van der Waals surface area (Å²) < 4.78 is 0. The Kier molecular flexibility index (Phi) is 5.18. The van der Waals surface area contributed by atoms with E-state index in [1.54, 1.807) is 0 Å². The van der Waals surface area contributed by atoms with Crippen LogP contribution in [0.5, 0.6) is 0 Å². The third-order valence-electron chi connectivity index (χ3n) is 2.79. The van der Waals surface area contributed by atoms with E-state index < -0.39 is 0 Å². The number of nitrogens with one attached hydrogen (secondary N) is 2. The predicted molar refractivity (Wildman–Crippen MR) is 84.9 cm³/mol. The zero-order valence-electron chi connectivity index (χ0n) is 11.8. The number of rotatable bonds is 6. The van der Waals surface area contributed by atoms with Crippen molar-refractivity contribution in [2.45, 2.75) is 26.7 Å². The first-order valence-electron chi connectivity index (χ1n) is 6.79. The molecule has 1 aromatic carbocycles. The van der Waals surface area contributed by atoms with Crippen LogP contribution in [-0.4, -0.2) is 16.5 Å². The van der Waals surface area contributed by atoms with E-state index in [1.165, 1.54) is 0 Å². The van der Waals surface area contributed by atoms with E-state index in [9.17, 15) is 0 Å². The highest BCUT2D eigenvalue weighted by Crippen LogP contribution is 2.19. The summed E-state index contributed by atoms with van der Waals surface area (Å²) >= 11 is 5.87. The molecule has 0 saturated carbocycles. The molecule has 2 aromatic rings. The van der Waals surface area contributed by atoms with Crippen molar-refractivity contribution >= 4 is 28.9 Å². The van der Waals surface area contributed by atoms with Gasteiger partial charge in [-0.3, -0.25) is 0 Å². The van der Waals surface area contributed by atoms with E-state index in [0.29, 0.717) is 0 Å².